The van der Waals surface area contributed by atoms with Crippen LogP contribution in [0.25, 0.3) is 0 Å². The molecular weight excluding hydrogens is 175 g/mol. The Morgan fingerprint density at radius 1 is 1.38 bits per heavy atom. The van der Waals surface area contributed by atoms with Gasteiger partial charge in [0.1, 0.15) is 5.75 Å². The van der Waals surface area contributed by atoms with Crippen LogP contribution in [0.1, 0.15) is 22.1 Å². The molecule has 0 heterocycles. The molecule has 0 aliphatic heterocycles. The van der Waals surface area contributed by atoms with Gasteiger partial charge < -0.3 is 5.11 Å². The molecule has 0 radical (unpaired) electrons. The Hall–Kier alpha value is -1.71. The Balaban J connectivity index is 3.08. The van der Waals surface area contributed by atoms with Crippen LogP contribution in [0.15, 0.2) is 18.2 Å². The zero-order chi connectivity index (χ0) is 9.84. The SMILES string of the molecule is O=Cc1ccc(C(F)C=O)cc1O. The van der Waals surface area contributed by atoms with Gasteiger partial charge in [-0.3, -0.25) is 9.59 Å². The third kappa shape index (κ3) is 1.90. The van der Waals surface area contributed by atoms with Gasteiger partial charge in [-0.05, 0) is 17.7 Å². The highest BCUT2D eigenvalue weighted by Gasteiger charge is 2.10. The molecule has 68 valence electrons. The van der Waals surface area contributed by atoms with Crippen LogP contribution in [-0.4, -0.2) is 17.7 Å². The fourth-order valence-corrected chi connectivity index (χ4v) is 0.910. The Labute approximate surface area is 73.8 Å². The maximum atomic E-state index is 12.7. The Kier molecular flexibility index (Phi) is 2.74. The van der Waals surface area contributed by atoms with Gasteiger partial charge in [-0.1, -0.05) is 6.07 Å². The molecule has 13 heavy (non-hydrogen) atoms. The number of phenolic OH excluding ortho intramolecular Hbond substituents is 1. The van der Waals surface area contributed by atoms with Gasteiger partial charge in [0.25, 0.3) is 0 Å². The second-order valence-electron chi connectivity index (χ2n) is 2.47. The maximum Gasteiger partial charge on any atom is 0.180 e. The summed E-state index contributed by atoms with van der Waals surface area (Å²) in [4.78, 5) is 20.3. The fraction of sp³-hybridized carbons (Fsp3) is 0.111. The molecule has 0 saturated heterocycles. The number of aldehydes is 2. The van der Waals surface area contributed by atoms with E-state index in [0.29, 0.717) is 6.29 Å². The number of carbonyl (C=O) groups is 2. The molecule has 0 bridgehead atoms. The van der Waals surface area contributed by atoms with E-state index in [0.717, 1.165) is 6.07 Å². The van der Waals surface area contributed by atoms with Crippen molar-refractivity contribution in [3.05, 3.63) is 29.3 Å². The van der Waals surface area contributed by atoms with Crippen molar-refractivity contribution >= 4 is 12.6 Å². The quantitative estimate of drug-likeness (QED) is 0.719. The average Bonchev–Trinajstić information content (AvgIpc) is 2.16. The third-order valence-corrected chi connectivity index (χ3v) is 1.62. The van der Waals surface area contributed by atoms with Crippen LogP contribution in [-0.2, 0) is 4.79 Å². The lowest BCUT2D eigenvalue weighted by molar-refractivity contribution is -0.112. The fourth-order valence-electron chi connectivity index (χ4n) is 0.910. The second kappa shape index (κ2) is 3.80. The van der Waals surface area contributed by atoms with Gasteiger partial charge in [0.15, 0.2) is 18.7 Å². The van der Waals surface area contributed by atoms with Crippen LogP contribution in [0.4, 0.5) is 4.39 Å². The number of alkyl halides is 1. The Bertz CT molecular complexity index is 336. The first-order valence-corrected chi connectivity index (χ1v) is 3.56. The van der Waals surface area contributed by atoms with E-state index in [1.54, 1.807) is 0 Å². The molecule has 0 aliphatic rings. The van der Waals surface area contributed by atoms with Gasteiger partial charge in [-0.25, -0.2) is 4.39 Å². The third-order valence-electron chi connectivity index (χ3n) is 1.62. The average molecular weight is 182 g/mol. The monoisotopic (exact) mass is 182 g/mol. The minimum absolute atomic E-state index is 0.0399. The first-order chi connectivity index (χ1) is 6.19. The number of carbonyl (C=O) groups excluding carboxylic acids is 2. The van der Waals surface area contributed by atoms with E-state index in [1.165, 1.54) is 12.1 Å². The molecule has 1 rings (SSSR count). The molecule has 1 N–H and O–H groups in total. The largest absolute Gasteiger partial charge is 0.507 e. The van der Waals surface area contributed by atoms with Gasteiger partial charge >= 0.3 is 0 Å². The number of hydrogen-bond donors (Lipinski definition) is 1. The number of halogens is 1. The lowest BCUT2D eigenvalue weighted by atomic mass is 10.1. The first-order valence-electron chi connectivity index (χ1n) is 3.56. The molecule has 3 nitrogen and oxygen atoms in total. The molecule has 1 atom stereocenters. The predicted octanol–water partition coefficient (Wildman–Crippen LogP) is 1.41. The van der Waals surface area contributed by atoms with Gasteiger partial charge in [0.2, 0.25) is 0 Å². The topological polar surface area (TPSA) is 54.4 Å². The normalized spacial score (nSPS) is 12.1. The number of hydrogen-bond acceptors (Lipinski definition) is 3. The van der Waals surface area contributed by atoms with Crippen molar-refractivity contribution in [1.82, 2.24) is 0 Å². The Morgan fingerprint density at radius 3 is 2.54 bits per heavy atom. The van der Waals surface area contributed by atoms with Gasteiger partial charge in [0.05, 0.1) is 5.56 Å². The molecule has 0 fully saturated rings. The Morgan fingerprint density at radius 2 is 2.08 bits per heavy atom. The van der Waals surface area contributed by atoms with Crippen LogP contribution in [0.3, 0.4) is 0 Å². The lowest BCUT2D eigenvalue weighted by Crippen LogP contribution is -1.93. The van der Waals surface area contributed by atoms with E-state index in [9.17, 15) is 14.0 Å². The minimum atomic E-state index is -1.76. The maximum absolute atomic E-state index is 12.7. The molecule has 0 amide bonds. The molecule has 4 heteroatoms. The van der Waals surface area contributed by atoms with E-state index in [-0.39, 0.29) is 23.2 Å². The van der Waals surface area contributed by atoms with Crippen molar-refractivity contribution < 1.29 is 19.1 Å². The van der Waals surface area contributed by atoms with Gasteiger partial charge in [-0.2, -0.15) is 0 Å². The van der Waals surface area contributed by atoms with E-state index in [4.69, 9.17) is 5.11 Å². The second-order valence-corrected chi connectivity index (χ2v) is 2.47. The highest BCUT2D eigenvalue weighted by atomic mass is 19.1. The van der Waals surface area contributed by atoms with Crippen LogP contribution in [0.2, 0.25) is 0 Å². The van der Waals surface area contributed by atoms with Gasteiger partial charge in [0, 0.05) is 0 Å². The minimum Gasteiger partial charge on any atom is -0.507 e. The zero-order valence-electron chi connectivity index (χ0n) is 6.61. The van der Waals surface area contributed by atoms with Crippen molar-refractivity contribution in [2.75, 3.05) is 0 Å². The molecular formula is C9H7FO3. The van der Waals surface area contributed by atoms with Crippen LogP contribution < -0.4 is 0 Å². The molecule has 1 aromatic carbocycles. The lowest BCUT2D eigenvalue weighted by Gasteiger charge is -2.02. The first kappa shape index (κ1) is 9.38. The molecule has 0 aromatic heterocycles. The van der Waals surface area contributed by atoms with Crippen molar-refractivity contribution in [3.8, 4) is 5.75 Å². The van der Waals surface area contributed by atoms with E-state index >= 15 is 0 Å². The molecule has 1 aromatic rings. The van der Waals surface area contributed by atoms with Crippen molar-refractivity contribution in [2.24, 2.45) is 0 Å². The molecule has 1 unspecified atom stereocenters. The van der Waals surface area contributed by atoms with Gasteiger partial charge in [-0.15, -0.1) is 0 Å². The summed E-state index contributed by atoms with van der Waals surface area (Å²) in [6.45, 7) is 0. The summed E-state index contributed by atoms with van der Waals surface area (Å²) in [6, 6.07) is 3.60. The summed E-state index contributed by atoms with van der Waals surface area (Å²) in [7, 11) is 0. The van der Waals surface area contributed by atoms with Crippen molar-refractivity contribution in [2.45, 2.75) is 6.17 Å². The molecule has 0 aliphatic carbocycles. The molecule has 0 saturated carbocycles. The van der Waals surface area contributed by atoms with E-state index in [1.807, 2.05) is 0 Å². The van der Waals surface area contributed by atoms with Crippen LogP contribution in [0.5, 0.6) is 5.75 Å². The van der Waals surface area contributed by atoms with E-state index in [2.05, 4.69) is 0 Å². The van der Waals surface area contributed by atoms with Crippen molar-refractivity contribution in [3.63, 3.8) is 0 Å². The standard InChI is InChI=1S/C9H7FO3/c10-8(5-12)6-1-2-7(4-11)9(13)3-6/h1-5,8,13H. The summed E-state index contributed by atoms with van der Waals surface area (Å²) < 4.78 is 12.7. The highest BCUT2D eigenvalue weighted by molar-refractivity contribution is 5.79. The predicted molar refractivity (Wildman–Crippen MR) is 43.4 cm³/mol. The number of phenols is 1. The number of aromatic hydroxyl groups is 1. The molecule has 0 spiro atoms. The highest BCUT2D eigenvalue weighted by Crippen LogP contribution is 2.22. The summed E-state index contributed by atoms with van der Waals surface area (Å²) in [5.74, 6) is -0.322. The van der Waals surface area contributed by atoms with E-state index < -0.39 is 6.17 Å². The smallest absolute Gasteiger partial charge is 0.180 e. The van der Waals surface area contributed by atoms with Crippen molar-refractivity contribution in [1.29, 1.82) is 0 Å². The number of rotatable bonds is 3. The summed E-state index contributed by atoms with van der Waals surface area (Å²) in [5.41, 5.74) is 0.111. The number of benzene rings is 1. The zero-order valence-corrected chi connectivity index (χ0v) is 6.61. The summed E-state index contributed by atoms with van der Waals surface area (Å²) in [6.07, 6.45) is -1.19. The van der Waals surface area contributed by atoms with Crippen LogP contribution >= 0.6 is 0 Å². The van der Waals surface area contributed by atoms with Crippen LogP contribution in [0, 0.1) is 0 Å². The summed E-state index contributed by atoms with van der Waals surface area (Å²) in [5, 5.41) is 9.12. The summed E-state index contributed by atoms with van der Waals surface area (Å²) >= 11 is 0.